The molecule has 0 heterocycles. The van der Waals surface area contributed by atoms with Gasteiger partial charge in [-0.2, -0.15) is 0 Å². The second-order valence-corrected chi connectivity index (χ2v) is 9.75. The van der Waals surface area contributed by atoms with Crippen molar-refractivity contribution in [3.8, 4) is 0 Å². The van der Waals surface area contributed by atoms with E-state index < -0.39 is 5.25 Å². The van der Waals surface area contributed by atoms with Crippen LogP contribution in [-0.4, -0.2) is 11.8 Å². The van der Waals surface area contributed by atoms with Gasteiger partial charge in [0, 0.05) is 21.8 Å². The Labute approximate surface area is 210 Å². The summed E-state index contributed by atoms with van der Waals surface area (Å²) in [5, 5.41) is 5.61. The monoisotopic (exact) mass is 480 g/mol. The van der Waals surface area contributed by atoms with E-state index in [0.29, 0.717) is 11.3 Å². The zero-order valence-corrected chi connectivity index (χ0v) is 20.9. The van der Waals surface area contributed by atoms with Gasteiger partial charge in [-0.3, -0.25) is 9.59 Å². The van der Waals surface area contributed by atoms with Crippen LogP contribution < -0.4 is 10.6 Å². The Hall–Kier alpha value is -3.83. The third kappa shape index (κ3) is 6.40. The molecule has 0 aliphatic rings. The SMILES string of the molecule is Cc1cc(C)cc(NC(=O)C(Sc2ccc(NC(=O)c3ccccc3C)cc2)c2ccccc2)c1. The Balaban J connectivity index is 1.50. The first kappa shape index (κ1) is 24.3. The molecule has 0 bridgehead atoms. The molecule has 1 atom stereocenters. The van der Waals surface area contributed by atoms with Gasteiger partial charge in [-0.05, 0) is 85.5 Å². The maximum atomic E-state index is 13.4. The molecular formula is C30H28N2O2S. The van der Waals surface area contributed by atoms with E-state index in [1.54, 1.807) is 0 Å². The fourth-order valence-corrected chi connectivity index (χ4v) is 4.96. The number of rotatable bonds is 7. The van der Waals surface area contributed by atoms with Crippen molar-refractivity contribution in [1.82, 2.24) is 0 Å². The van der Waals surface area contributed by atoms with E-state index >= 15 is 0 Å². The lowest BCUT2D eigenvalue weighted by atomic mass is 10.1. The van der Waals surface area contributed by atoms with E-state index in [1.165, 1.54) is 11.8 Å². The van der Waals surface area contributed by atoms with E-state index in [-0.39, 0.29) is 11.8 Å². The average Bonchev–Trinajstić information content (AvgIpc) is 2.83. The van der Waals surface area contributed by atoms with Crippen LogP contribution in [0.4, 0.5) is 11.4 Å². The Bertz CT molecular complexity index is 1310. The molecule has 0 fully saturated rings. The number of carbonyl (C=O) groups excluding carboxylic acids is 2. The summed E-state index contributed by atoms with van der Waals surface area (Å²) in [6, 6.07) is 30.9. The third-order valence-corrected chi connectivity index (χ3v) is 6.85. The van der Waals surface area contributed by atoms with Crippen molar-refractivity contribution in [1.29, 1.82) is 0 Å². The molecule has 4 nitrogen and oxygen atoms in total. The maximum Gasteiger partial charge on any atom is 0.255 e. The van der Waals surface area contributed by atoms with E-state index in [9.17, 15) is 9.59 Å². The van der Waals surface area contributed by atoms with Crippen molar-refractivity contribution >= 4 is 35.0 Å². The molecule has 5 heteroatoms. The van der Waals surface area contributed by atoms with Crippen LogP contribution >= 0.6 is 11.8 Å². The highest BCUT2D eigenvalue weighted by Gasteiger charge is 2.22. The summed E-state index contributed by atoms with van der Waals surface area (Å²) in [7, 11) is 0. The molecule has 2 amide bonds. The quantitative estimate of drug-likeness (QED) is 0.272. The minimum absolute atomic E-state index is 0.0804. The largest absolute Gasteiger partial charge is 0.325 e. The number of carbonyl (C=O) groups is 2. The van der Waals surface area contributed by atoms with Crippen LogP contribution in [0.1, 0.15) is 37.9 Å². The van der Waals surface area contributed by atoms with Crippen molar-refractivity contribution in [3.05, 3.63) is 125 Å². The van der Waals surface area contributed by atoms with Crippen molar-refractivity contribution in [3.63, 3.8) is 0 Å². The van der Waals surface area contributed by atoms with Gasteiger partial charge < -0.3 is 10.6 Å². The molecular weight excluding hydrogens is 452 g/mol. The van der Waals surface area contributed by atoms with Gasteiger partial charge in [0.25, 0.3) is 5.91 Å². The predicted octanol–water partition coefficient (Wildman–Crippen LogP) is 7.34. The lowest BCUT2D eigenvalue weighted by molar-refractivity contribution is -0.115. The highest BCUT2D eigenvalue weighted by atomic mass is 32.2. The van der Waals surface area contributed by atoms with Gasteiger partial charge in [0.2, 0.25) is 5.91 Å². The number of nitrogens with one attached hydrogen (secondary N) is 2. The minimum atomic E-state index is -0.426. The van der Waals surface area contributed by atoms with Gasteiger partial charge in [0.1, 0.15) is 5.25 Å². The Morgan fingerprint density at radius 2 is 1.31 bits per heavy atom. The van der Waals surface area contributed by atoms with Crippen molar-refractivity contribution in [2.45, 2.75) is 30.9 Å². The third-order valence-electron chi connectivity index (χ3n) is 5.59. The van der Waals surface area contributed by atoms with E-state index in [2.05, 4.69) is 16.7 Å². The van der Waals surface area contributed by atoms with Crippen molar-refractivity contribution in [2.24, 2.45) is 0 Å². The topological polar surface area (TPSA) is 58.2 Å². The van der Waals surface area contributed by atoms with E-state index in [4.69, 9.17) is 0 Å². The van der Waals surface area contributed by atoms with E-state index in [0.717, 1.165) is 32.8 Å². The van der Waals surface area contributed by atoms with Crippen LogP contribution in [-0.2, 0) is 4.79 Å². The second-order valence-electron chi connectivity index (χ2n) is 8.57. The van der Waals surface area contributed by atoms with Gasteiger partial charge >= 0.3 is 0 Å². The molecule has 0 saturated carbocycles. The van der Waals surface area contributed by atoms with Crippen LogP contribution in [0.15, 0.2) is 102 Å². The molecule has 0 aromatic heterocycles. The molecule has 1 unspecified atom stereocenters. The average molecular weight is 481 g/mol. The smallest absolute Gasteiger partial charge is 0.255 e. The zero-order chi connectivity index (χ0) is 24.8. The fraction of sp³-hybridized carbons (Fsp3) is 0.133. The molecule has 4 aromatic rings. The number of hydrogen-bond donors (Lipinski definition) is 2. The Morgan fingerprint density at radius 1 is 0.686 bits per heavy atom. The number of anilines is 2. The minimum Gasteiger partial charge on any atom is -0.325 e. The Morgan fingerprint density at radius 3 is 1.97 bits per heavy atom. The second kappa shape index (κ2) is 11.1. The van der Waals surface area contributed by atoms with E-state index in [1.807, 2.05) is 112 Å². The fourth-order valence-electron chi connectivity index (χ4n) is 3.93. The molecule has 0 radical (unpaired) electrons. The molecule has 0 saturated heterocycles. The van der Waals surface area contributed by atoms with Crippen LogP contribution in [0.5, 0.6) is 0 Å². The highest BCUT2D eigenvalue weighted by Crippen LogP contribution is 2.37. The lowest BCUT2D eigenvalue weighted by Crippen LogP contribution is -2.19. The Kier molecular flexibility index (Phi) is 7.68. The summed E-state index contributed by atoms with van der Waals surface area (Å²) in [5.41, 5.74) is 6.22. The predicted molar refractivity (Wildman–Crippen MR) is 145 cm³/mol. The van der Waals surface area contributed by atoms with Gasteiger partial charge in [0.15, 0.2) is 0 Å². The molecule has 4 aromatic carbocycles. The van der Waals surface area contributed by atoms with Gasteiger partial charge in [-0.1, -0.05) is 54.6 Å². The summed E-state index contributed by atoms with van der Waals surface area (Å²) < 4.78 is 0. The summed E-state index contributed by atoms with van der Waals surface area (Å²) in [6.45, 7) is 5.96. The highest BCUT2D eigenvalue weighted by molar-refractivity contribution is 8.00. The molecule has 176 valence electrons. The molecule has 35 heavy (non-hydrogen) atoms. The standard InChI is InChI=1S/C30H28N2O2S/c1-20-17-21(2)19-25(18-20)32-30(34)28(23-10-5-4-6-11-23)35-26-15-13-24(14-16-26)31-29(33)27-12-8-7-9-22(27)3/h4-19,28H,1-3H3,(H,31,33)(H,32,34). The van der Waals surface area contributed by atoms with Crippen LogP contribution in [0.3, 0.4) is 0 Å². The van der Waals surface area contributed by atoms with Crippen LogP contribution in [0.25, 0.3) is 0 Å². The van der Waals surface area contributed by atoms with Crippen LogP contribution in [0, 0.1) is 20.8 Å². The number of aryl methyl sites for hydroxylation is 3. The number of amides is 2. The first-order chi connectivity index (χ1) is 16.9. The normalized spacial score (nSPS) is 11.5. The van der Waals surface area contributed by atoms with Crippen molar-refractivity contribution in [2.75, 3.05) is 10.6 Å². The first-order valence-electron chi connectivity index (χ1n) is 11.5. The van der Waals surface area contributed by atoms with Crippen LogP contribution in [0.2, 0.25) is 0 Å². The maximum absolute atomic E-state index is 13.4. The zero-order valence-electron chi connectivity index (χ0n) is 20.0. The van der Waals surface area contributed by atoms with Gasteiger partial charge in [-0.15, -0.1) is 11.8 Å². The summed E-state index contributed by atoms with van der Waals surface area (Å²) in [6.07, 6.45) is 0. The van der Waals surface area contributed by atoms with Gasteiger partial charge in [0.05, 0.1) is 0 Å². The molecule has 0 aliphatic carbocycles. The molecule has 0 spiro atoms. The first-order valence-corrected chi connectivity index (χ1v) is 12.3. The lowest BCUT2D eigenvalue weighted by Gasteiger charge is -2.18. The number of thioether (sulfide) groups is 1. The summed E-state index contributed by atoms with van der Waals surface area (Å²) in [4.78, 5) is 26.9. The van der Waals surface area contributed by atoms with Gasteiger partial charge in [-0.25, -0.2) is 0 Å². The van der Waals surface area contributed by atoms with Crippen molar-refractivity contribution < 1.29 is 9.59 Å². The molecule has 0 aliphatic heterocycles. The number of benzene rings is 4. The molecule has 4 rings (SSSR count). The number of hydrogen-bond acceptors (Lipinski definition) is 3. The molecule has 2 N–H and O–H groups in total. The summed E-state index contributed by atoms with van der Waals surface area (Å²) in [5.74, 6) is -0.221. The summed E-state index contributed by atoms with van der Waals surface area (Å²) >= 11 is 1.48.